The van der Waals surface area contributed by atoms with E-state index >= 15 is 0 Å². The van der Waals surface area contributed by atoms with E-state index in [1.54, 1.807) is 25.3 Å². The van der Waals surface area contributed by atoms with Crippen molar-refractivity contribution in [1.29, 1.82) is 0 Å². The quantitative estimate of drug-likeness (QED) is 0.834. The zero-order valence-electron chi connectivity index (χ0n) is 11.7. The summed E-state index contributed by atoms with van der Waals surface area (Å²) in [6.07, 6.45) is 0. The zero-order valence-corrected chi connectivity index (χ0v) is 12.6. The van der Waals surface area contributed by atoms with Crippen molar-refractivity contribution in [2.75, 3.05) is 13.7 Å². The molecule has 2 aromatic carbocycles. The van der Waals surface area contributed by atoms with Crippen molar-refractivity contribution in [1.82, 2.24) is 0 Å². The molecule has 2 rings (SSSR count). The molecular weight excluding hydrogens is 290 g/mol. The number of benzene rings is 2. The molecule has 21 heavy (non-hydrogen) atoms. The molecule has 0 amide bonds. The molecule has 2 aromatic rings. The van der Waals surface area contributed by atoms with Gasteiger partial charge in [-0.3, -0.25) is 4.79 Å². The Morgan fingerprint density at radius 2 is 1.81 bits per heavy atom. The van der Waals surface area contributed by atoms with Crippen LogP contribution in [-0.2, 0) is 6.61 Å². The molecule has 0 unspecified atom stereocenters. The molecule has 0 aliphatic rings. The molecule has 112 valence electrons. The fraction of sp³-hybridized carbons (Fsp3) is 0.188. The third-order valence-corrected chi connectivity index (χ3v) is 2.91. The van der Waals surface area contributed by atoms with E-state index in [2.05, 4.69) is 0 Å². The van der Waals surface area contributed by atoms with Crippen LogP contribution in [-0.4, -0.2) is 19.4 Å². The highest BCUT2D eigenvalue weighted by Crippen LogP contribution is 2.28. The number of carbonyl (C=O) groups excluding carboxylic acids is 1. The number of Topliss-reactive ketones (excluding diaryl/α,β-unsaturated/α-hetero) is 1. The molecule has 0 saturated heterocycles. The van der Waals surface area contributed by atoms with Crippen LogP contribution in [0.25, 0.3) is 0 Å². The lowest BCUT2D eigenvalue weighted by molar-refractivity contribution is 0.100. The van der Waals surface area contributed by atoms with Crippen molar-refractivity contribution in [2.45, 2.75) is 6.61 Å². The summed E-state index contributed by atoms with van der Waals surface area (Å²) in [4.78, 5) is 11.6. The summed E-state index contributed by atoms with van der Waals surface area (Å²) in [7, 11) is 1.54. The van der Waals surface area contributed by atoms with Crippen LogP contribution in [0.2, 0.25) is 0 Å². The van der Waals surface area contributed by atoms with Crippen LogP contribution in [0.15, 0.2) is 48.5 Å². The Morgan fingerprint density at radius 1 is 1.10 bits per heavy atom. The number of hydrogen-bond acceptors (Lipinski definition) is 4. The van der Waals surface area contributed by atoms with E-state index in [9.17, 15) is 4.79 Å². The highest BCUT2D eigenvalue weighted by atomic mass is 35.5. The average Bonchev–Trinajstić information content (AvgIpc) is 2.53. The first kappa shape index (κ1) is 17.0. The summed E-state index contributed by atoms with van der Waals surface area (Å²) in [5, 5.41) is 0. The number of nitrogens with two attached hydrogens (primary N) is 1. The van der Waals surface area contributed by atoms with Crippen molar-refractivity contribution < 1.29 is 14.3 Å². The van der Waals surface area contributed by atoms with E-state index in [1.165, 1.54) is 0 Å². The molecule has 2 N–H and O–H groups in total. The Hall–Kier alpha value is -2.04. The molecule has 0 radical (unpaired) electrons. The van der Waals surface area contributed by atoms with Crippen LogP contribution in [0.4, 0.5) is 0 Å². The minimum Gasteiger partial charge on any atom is -0.493 e. The van der Waals surface area contributed by atoms with Gasteiger partial charge >= 0.3 is 0 Å². The molecule has 4 nitrogen and oxygen atoms in total. The molecule has 0 aliphatic carbocycles. The summed E-state index contributed by atoms with van der Waals surface area (Å²) in [6.45, 7) is 0.425. The van der Waals surface area contributed by atoms with Crippen molar-refractivity contribution in [3.63, 3.8) is 0 Å². The number of carbonyl (C=O) groups is 1. The number of methoxy groups -OCH3 is 1. The SMILES string of the molecule is COc1cc(C(=O)CN)ccc1OCc1ccccc1.Cl. The summed E-state index contributed by atoms with van der Waals surface area (Å²) in [5.74, 6) is 1.00. The van der Waals surface area contributed by atoms with Gasteiger partial charge in [-0.15, -0.1) is 12.4 Å². The van der Waals surface area contributed by atoms with Gasteiger partial charge in [-0.1, -0.05) is 30.3 Å². The van der Waals surface area contributed by atoms with E-state index < -0.39 is 0 Å². The third-order valence-electron chi connectivity index (χ3n) is 2.91. The predicted molar refractivity (Wildman–Crippen MR) is 84.4 cm³/mol. The predicted octanol–water partition coefficient (Wildman–Crippen LogP) is 2.84. The van der Waals surface area contributed by atoms with Crippen LogP contribution >= 0.6 is 12.4 Å². The summed E-state index contributed by atoms with van der Waals surface area (Å²) < 4.78 is 11.0. The molecule has 0 fully saturated rings. The van der Waals surface area contributed by atoms with Crippen LogP contribution in [0.5, 0.6) is 11.5 Å². The van der Waals surface area contributed by atoms with E-state index in [4.69, 9.17) is 15.2 Å². The largest absolute Gasteiger partial charge is 0.493 e. The van der Waals surface area contributed by atoms with E-state index in [0.717, 1.165) is 5.56 Å². The maximum Gasteiger partial charge on any atom is 0.176 e. The lowest BCUT2D eigenvalue weighted by atomic mass is 10.1. The Balaban J connectivity index is 0.00000220. The Morgan fingerprint density at radius 3 is 2.43 bits per heavy atom. The summed E-state index contributed by atoms with van der Waals surface area (Å²) in [6, 6.07) is 14.9. The number of ketones is 1. The van der Waals surface area contributed by atoms with Gasteiger partial charge in [0.25, 0.3) is 0 Å². The molecular formula is C16H18ClNO3. The highest BCUT2D eigenvalue weighted by Gasteiger charge is 2.10. The van der Waals surface area contributed by atoms with Crippen LogP contribution in [0.3, 0.4) is 0 Å². The van der Waals surface area contributed by atoms with Gasteiger partial charge in [-0.05, 0) is 23.8 Å². The topological polar surface area (TPSA) is 61.5 Å². The standard InChI is InChI=1S/C16H17NO3.ClH/c1-19-16-9-13(14(18)10-17)7-8-15(16)20-11-12-5-3-2-4-6-12;/h2-9H,10-11,17H2,1H3;1H. The average molecular weight is 308 g/mol. The molecule has 0 atom stereocenters. The van der Waals surface area contributed by atoms with Gasteiger partial charge in [0.1, 0.15) is 6.61 Å². The molecule has 0 saturated carbocycles. The van der Waals surface area contributed by atoms with E-state index in [-0.39, 0.29) is 24.7 Å². The molecule has 0 aliphatic heterocycles. The van der Waals surface area contributed by atoms with Crippen molar-refractivity contribution in [3.05, 3.63) is 59.7 Å². The summed E-state index contributed by atoms with van der Waals surface area (Å²) >= 11 is 0. The molecule has 0 spiro atoms. The second-order valence-electron chi connectivity index (χ2n) is 4.27. The Bertz CT molecular complexity index is 587. The first-order chi connectivity index (χ1) is 9.74. The lowest BCUT2D eigenvalue weighted by Crippen LogP contribution is -2.13. The van der Waals surface area contributed by atoms with Gasteiger partial charge in [0.2, 0.25) is 0 Å². The second-order valence-corrected chi connectivity index (χ2v) is 4.27. The number of rotatable bonds is 6. The van der Waals surface area contributed by atoms with Gasteiger partial charge in [-0.25, -0.2) is 0 Å². The highest BCUT2D eigenvalue weighted by molar-refractivity contribution is 5.98. The number of hydrogen-bond donors (Lipinski definition) is 1. The second kappa shape index (κ2) is 8.29. The normalized spacial score (nSPS) is 9.62. The van der Waals surface area contributed by atoms with E-state index in [1.807, 2.05) is 30.3 Å². The molecule has 0 bridgehead atoms. The lowest BCUT2D eigenvalue weighted by Gasteiger charge is -2.11. The smallest absolute Gasteiger partial charge is 0.176 e. The van der Waals surface area contributed by atoms with Crippen LogP contribution in [0.1, 0.15) is 15.9 Å². The monoisotopic (exact) mass is 307 g/mol. The van der Waals surface area contributed by atoms with Gasteiger partial charge < -0.3 is 15.2 Å². The minimum absolute atomic E-state index is 0. The number of ether oxygens (including phenoxy) is 2. The molecule has 0 heterocycles. The molecule has 0 aromatic heterocycles. The zero-order chi connectivity index (χ0) is 14.4. The van der Waals surface area contributed by atoms with Crippen LogP contribution < -0.4 is 15.2 Å². The van der Waals surface area contributed by atoms with Gasteiger partial charge in [0.15, 0.2) is 17.3 Å². The van der Waals surface area contributed by atoms with Crippen molar-refractivity contribution in [2.24, 2.45) is 5.73 Å². The van der Waals surface area contributed by atoms with Gasteiger partial charge in [0.05, 0.1) is 13.7 Å². The minimum atomic E-state index is -0.127. The maximum absolute atomic E-state index is 11.6. The Kier molecular flexibility index (Phi) is 6.72. The van der Waals surface area contributed by atoms with Crippen molar-refractivity contribution >= 4 is 18.2 Å². The maximum atomic E-state index is 11.6. The first-order valence-corrected chi connectivity index (χ1v) is 6.32. The third kappa shape index (κ3) is 4.48. The van der Waals surface area contributed by atoms with Gasteiger partial charge in [-0.2, -0.15) is 0 Å². The van der Waals surface area contributed by atoms with Gasteiger partial charge in [0, 0.05) is 5.56 Å². The van der Waals surface area contributed by atoms with E-state index in [0.29, 0.717) is 23.7 Å². The summed E-state index contributed by atoms with van der Waals surface area (Å²) in [5.41, 5.74) is 6.94. The Labute approximate surface area is 130 Å². The fourth-order valence-corrected chi connectivity index (χ4v) is 1.81. The van der Waals surface area contributed by atoms with Crippen molar-refractivity contribution in [3.8, 4) is 11.5 Å². The molecule has 5 heteroatoms. The van der Waals surface area contributed by atoms with Crippen LogP contribution in [0, 0.1) is 0 Å². The number of halogens is 1. The fourth-order valence-electron chi connectivity index (χ4n) is 1.81. The first-order valence-electron chi connectivity index (χ1n) is 6.32.